The number of ether oxygens (including phenoxy) is 2. The molecule has 1 aromatic rings. The van der Waals surface area contributed by atoms with E-state index in [9.17, 15) is 4.79 Å². The number of carbonyl (C=O) groups excluding carboxylic acids is 1. The minimum Gasteiger partial charge on any atom is -0.496 e. The summed E-state index contributed by atoms with van der Waals surface area (Å²) in [6.07, 6.45) is 2.92. The first-order valence-corrected chi connectivity index (χ1v) is 7.67. The second-order valence-electron chi connectivity index (χ2n) is 6.08. The van der Waals surface area contributed by atoms with Gasteiger partial charge in [0.25, 0.3) is 0 Å². The van der Waals surface area contributed by atoms with Crippen LogP contribution in [0.2, 0.25) is 0 Å². The summed E-state index contributed by atoms with van der Waals surface area (Å²) in [5, 5.41) is 3.54. The van der Waals surface area contributed by atoms with E-state index in [1.165, 1.54) is 25.5 Å². The molecule has 2 aliphatic rings. The van der Waals surface area contributed by atoms with E-state index in [0.29, 0.717) is 5.92 Å². The maximum atomic E-state index is 11.5. The third kappa shape index (κ3) is 3.05. The van der Waals surface area contributed by atoms with E-state index < -0.39 is 0 Å². The van der Waals surface area contributed by atoms with E-state index in [1.54, 1.807) is 7.11 Å². The van der Waals surface area contributed by atoms with Crippen LogP contribution in [0, 0.1) is 11.8 Å². The molecule has 21 heavy (non-hydrogen) atoms. The predicted molar refractivity (Wildman–Crippen MR) is 80.5 cm³/mol. The summed E-state index contributed by atoms with van der Waals surface area (Å²) >= 11 is 0. The number of hydrogen-bond acceptors (Lipinski definition) is 4. The van der Waals surface area contributed by atoms with Gasteiger partial charge in [-0.15, -0.1) is 0 Å². The Balaban J connectivity index is 1.81. The molecule has 1 aromatic carbocycles. The van der Waals surface area contributed by atoms with Crippen molar-refractivity contribution in [2.45, 2.75) is 25.2 Å². The number of carbonyl (C=O) groups is 1. The molecule has 1 saturated heterocycles. The molecule has 114 valence electrons. The van der Waals surface area contributed by atoms with Gasteiger partial charge >= 0.3 is 5.97 Å². The molecule has 3 atom stereocenters. The molecule has 3 rings (SSSR count). The first-order chi connectivity index (χ1) is 10.2. The summed E-state index contributed by atoms with van der Waals surface area (Å²) in [7, 11) is 3.07. The fourth-order valence-corrected chi connectivity index (χ4v) is 3.52. The second kappa shape index (κ2) is 6.06. The zero-order valence-electron chi connectivity index (χ0n) is 12.7. The Kier molecular flexibility index (Phi) is 4.15. The number of esters is 1. The molecule has 0 bridgehead atoms. The third-order valence-electron chi connectivity index (χ3n) is 4.85. The molecular weight excluding hydrogens is 266 g/mol. The summed E-state index contributed by atoms with van der Waals surface area (Å²) in [6.45, 7) is 2.18. The fourth-order valence-electron chi connectivity index (χ4n) is 3.52. The van der Waals surface area contributed by atoms with E-state index in [-0.39, 0.29) is 12.4 Å². The molecule has 0 spiro atoms. The van der Waals surface area contributed by atoms with Gasteiger partial charge in [0.15, 0.2) is 0 Å². The Bertz CT molecular complexity index is 529. The standard InChI is InChI=1S/C17H23NO3/c1-20-16-8-11(3-4-13(16)9-17(19)21-2)15-10-18-6-5-12-7-14(12)15/h3-4,8,12,14-15,18H,5-7,9-10H2,1-2H3. The van der Waals surface area contributed by atoms with Crippen molar-refractivity contribution in [1.82, 2.24) is 5.32 Å². The van der Waals surface area contributed by atoms with Gasteiger partial charge < -0.3 is 14.8 Å². The van der Waals surface area contributed by atoms with Crippen LogP contribution in [0.1, 0.15) is 29.9 Å². The highest BCUT2D eigenvalue weighted by molar-refractivity contribution is 5.73. The van der Waals surface area contributed by atoms with Gasteiger partial charge in [-0.05, 0) is 48.8 Å². The lowest BCUT2D eigenvalue weighted by Gasteiger charge is -2.18. The molecule has 4 heteroatoms. The number of fused-ring (bicyclic) bond motifs is 1. The maximum Gasteiger partial charge on any atom is 0.310 e. The largest absolute Gasteiger partial charge is 0.496 e. The third-order valence-corrected chi connectivity index (χ3v) is 4.85. The average molecular weight is 289 g/mol. The van der Waals surface area contributed by atoms with Gasteiger partial charge in [-0.3, -0.25) is 4.79 Å². The first kappa shape index (κ1) is 14.4. The van der Waals surface area contributed by atoms with Gasteiger partial charge in [-0.25, -0.2) is 0 Å². The molecule has 1 heterocycles. The molecule has 0 amide bonds. The molecule has 1 aliphatic carbocycles. The maximum absolute atomic E-state index is 11.5. The van der Waals surface area contributed by atoms with Gasteiger partial charge in [0.05, 0.1) is 20.6 Å². The minimum absolute atomic E-state index is 0.237. The zero-order valence-corrected chi connectivity index (χ0v) is 12.7. The smallest absolute Gasteiger partial charge is 0.310 e. The second-order valence-corrected chi connectivity index (χ2v) is 6.08. The molecule has 0 aromatic heterocycles. The van der Waals surface area contributed by atoms with Crippen molar-refractivity contribution in [3.8, 4) is 5.75 Å². The highest BCUT2D eigenvalue weighted by Crippen LogP contribution is 2.51. The van der Waals surface area contributed by atoms with E-state index in [0.717, 1.165) is 36.2 Å². The van der Waals surface area contributed by atoms with E-state index in [1.807, 2.05) is 6.07 Å². The number of rotatable bonds is 4. The molecule has 1 aliphatic heterocycles. The Morgan fingerprint density at radius 3 is 3.00 bits per heavy atom. The number of benzene rings is 1. The molecule has 4 nitrogen and oxygen atoms in total. The van der Waals surface area contributed by atoms with Crippen LogP contribution < -0.4 is 10.1 Å². The fraction of sp³-hybridized carbons (Fsp3) is 0.588. The van der Waals surface area contributed by atoms with Crippen LogP contribution in [0.15, 0.2) is 18.2 Å². The molecule has 3 unspecified atom stereocenters. The van der Waals surface area contributed by atoms with Crippen LogP contribution in [0.25, 0.3) is 0 Å². The molecule has 1 N–H and O–H groups in total. The van der Waals surface area contributed by atoms with Crippen LogP contribution >= 0.6 is 0 Å². The van der Waals surface area contributed by atoms with Crippen LogP contribution in [-0.2, 0) is 16.0 Å². The van der Waals surface area contributed by atoms with Crippen LogP contribution in [0.5, 0.6) is 5.75 Å². The van der Waals surface area contributed by atoms with Crippen molar-refractivity contribution in [3.05, 3.63) is 29.3 Å². The monoisotopic (exact) mass is 289 g/mol. The van der Waals surface area contributed by atoms with E-state index in [2.05, 4.69) is 17.4 Å². The summed E-state index contributed by atoms with van der Waals surface area (Å²) in [6, 6.07) is 6.26. The van der Waals surface area contributed by atoms with Crippen molar-refractivity contribution in [3.63, 3.8) is 0 Å². The zero-order chi connectivity index (χ0) is 14.8. The first-order valence-electron chi connectivity index (χ1n) is 7.67. The number of nitrogens with one attached hydrogen (secondary N) is 1. The lowest BCUT2D eigenvalue weighted by atomic mass is 9.91. The van der Waals surface area contributed by atoms with Crippen molar-refractivity contribution < 1.29 is 14.3 Å². The lowest BCUT2D eigenvalue weighted by molar-refractivity contribution is -0.139. The highest BCUT2D eigenvalue weighted by atomic mass is 16.5. The van der Waals surface area contributed by atoms with Crippen molar-refractivity contribution in [2.75, 3.05) is 27.3 Å². The van der Waals surface area contributed by atoms with Crippen molar-refractivity contribution >= 4 is 5.97 Å². The minimum atomic E-state index is -0.237. The Morgan fingerprint density at radius 2 is 2.24 bits per heavy atom. The van der Waals surface area contributed by atoms with Crippen LogP contribution in [0.3, 0.4) is 0 Å². The summed E-state index contributed by atoms with van der Waals surface area (Å²) in [4.78, 5) is 11.5. The van der Waals surface area contributed by atoms with Crippen LogP contribution in [0.4, 0.5) is 0 Å². The topological polar surface area (TPSA) is 47.6 Å². The average Bonchev–Trinajstić information content (AvgIpc) is 3.27. The Labute approximate surface area is 125 Å². The van der Waals surface area contributed by atoms with Gasteiger partial charge in [0.1, 0.15) is 5.75 Å². The highest BCUT2D eigenvalue weighted by Gasteiger charge is 2.44. The normalized spacial score (nSPS) is 27.4. The van der Waals surface area contributed by atoms with Gasteiger partial charge in [0, 0.05) is 12.1 Å². The van der Waals surface area contributed by atoms with Crippen LogP contribution in [-0.4, -0.2) is 33.3 Å². The SMILES string of the molecule is COC(=O)Cc1ccc(C2CNCCC3CC32)cc1OC. The molecule has 0 radical (unpaired) electrons. The predicted octanol–water partition coefficient (Wildman–Crippen LogP) is 2.12. The van der Waals surface area contributed by atoms with Gasteiger partial charge in [-0.1, -0.05) is 12.1 Å². The molecule has 1 saturated carbocycles. The summed E-state index contributed by atoms with van der Waals surface area (Å²) < 4.78 is 10.2. The van der Waals surface area contributed by atoms with Gasteiger partial charge in [0.2, 0.25) is 0 Å². The molecular formula is C17H23NO3. The van der Waals surface area contributed by atoms with E-state index in [4.69, 9.17) is 9.47 Å². The van der Waals surface area contributed by atoms with Crippen molar-refractivity contribution in [2.24, 2.45) is 11.8 Å². The Morgan fingerprint density at radius 1 is 1.38 bits per heavy atom. The Hall–Kier alpha value is -1.55. The van der Waals surface area contributed by atoms with E-state index >= 15 is 0 Å². The lowest BCUT2D eigenvalue weighted by Crippen LogP contribution is -2.21. The quantitative estimate of drug-likeness (QED) is 0.863. The summed E-state index contributed by atoms with van der Waals surface area (Å²) in [5.74, 6) is 2.83. The molecule has 2 fully saturated rings. The summed E-state index contributed by atoms with van der Waals surface area (Å²) in [5.41, 5.74) is 2.21. The number of hydrogen-bond donors (Lipinski definition) is 1. The van der Waals surface area contributed by atoms with Gasteiger partial charge in [-0.2, -0.15) is 0 Å². The van der Waals surface area contributed by atoms with Crippen molar-refractivity contribution in [1.29, 1.82) is 0 Å². The number of methoxy groups -OCH3 is 2.